The molecule has 0 radical (unpaired) electrons. The standard InChI is InChI=1S/C23H27F3N4O4S/c24-23(25,26)18-14-17(19(27)31)7-6-15(18)8-13-35(33,34)30-11-9-22(10-12-30)21(32)28-20(29-22)16-4-2-1-3-5-16/h6-8,13-14,16H,1-5,9-12H2,(H2,27,31)(H,28,29,32). The molecule has 1 saturated carbocycles. The average molecular weight is 513 g/mol. The van der Waals surface area contributed by atoms with Crippen LogP contribution >= 0.6 is 0 Å². The number of piperidine rings is 1. The molecule has 2 heterocycles. The topological polar surface area (TPSA) is 122 Å². The molecule has 3 aliphatic rings. The van der Waals surface area contributed by atoms with E-state index in [1.165, 1.54) is 6.42 Å². The molecule has 1 aliphatic carbocycles. The molecule has 1 spiro atoms. The second-order valence-corrected chi connectivity index (χ2v) is 11.0. The number of halogens is 3. The molecule has 8 nitrogen and oxygen atoms in total. The number of nitrogens with two attached hydrogens (primary N) is 1. The second-order valence-electron chi connectivity index (χ2n) is 9.23. The van der Waals surface area contributed by atoms with Gasteiger partial charge in [0.1, 0.15) is 11.4 Å². The SMILES string of the molecule is NC(=O)c1ccc(C=CS(=O)(=O)N2CCC3(CC2)N=C(C2CCCCC2)NC3=O)c(C(F)(F)F)c1. The number of aliphatic imine (C=N–C) groups is 1. The third kappa shape index (κ3) is 5.27. The second kappa shape index (κ2) is 9.38. The molecule has 2 amide bonds. The van der Waals surface area contributed by atoms with Gasteiger partial charge in [-0.05, 0) is 49.5 Å². The Morgan fingerprint density at radius 2 is 1.83 bits per heavy atom. The highest BCUT2D eigenvalue weighted by atomic mass is 32.2. The molecular formula is C23H27F3N4O4S. The molecule has 12 heteroatoms. The monoisotopic (exact) mass is 512 g/mol. The van der Waals surface area contributed by atoms with Crippen LogP contribution in [0.25, 0.3) is 6.08 Å². The van der Waals surface area contributed by atoms with Crippen LogP contribution in [-0.4, -0.2) is 49.0 Å². The van der Waals surface area contributed by atoms with Gasteiger partial charge in [0, 0.05) is 30.0 Å². The van der Waals surface area contributed by atoms with Crippen LogP contribution in [0.5, 0.6) is 0 Å². The predicted molar refractivity (Wildman–Crippen MR) is 124 cm³/mol. The largest absolute Gasteiger partial charge is 0.417 e. The zero-order valence-electron chi connectivity index (χ0n) is 19.0. The fourth-order valence-electron chi connectivity index (χ4n) is 4.91. The van der Waals surface area contributed by atoms with Gasteiger partial charge >= 0.3 is 6.18 Å². The number of nitrogens with zero attached hydrogens (tertiary/aromatic N) is 2. The highest BCUT2D eigenvalue weighted by molar-refractivity contribution is 7.92. The third-order valence-electron chi connectivity index (χ3n) is 6.96. The Morgan fingerprint density at radius 3 is 2.43 bits per heavy atom. The van der Waals surface area contributed by atoms with Crippen LogP contribution < -0.4 is 11.1 Å². The van der Waals surface area contributed by atoms with E-state index in [-0.39, 0.29) is 43.3 Å². The van der Waals surface area contributed by atoms with E-state index in [1.54, 1.807) is 0 Å². The van der Waals surface area contributed by atoms with E-state index in [9.17, 15) is 31.2 Å². The molecule has 0 bridgehead atoms. The summed E-state index contributed by atoms with van der Waals surface area (Å²) in [6.45, 7) is 0.0442. The van der Waals surface area contributed by atoms with Crippen molar-refractivity contribution in [3.8, 4) is 0 Å². The predicted octanol–water partition coefficient (Wildman–Crippen LogP) is 3.05. The average Bonchev–Trinajstić information content (AvgIpc) is 3.13. The summed E-state index contributed by atoms with van der Waals surface area (Å²) >= 11 is 0. The van der Waals surface area contributed by atoms with Crippen molar-refractivity contribution in [1.82, 2.24) is 9.62 Å². The number of amidine groups is 1. The van der Waals surface area contributed by atoms with Crippen LogP contribution in [0.1, 0.15) is 66.4 Å². The molecule has 2 fully saturated rings. The highest BCUT2D eigenvalue weighted by Gasteiger charge is 2.48. The summed E-state index contributed by atoms with van der Waals surface area (Å²) in [5.41, 5.74) is 2.17. The van der Waals surface area contributed by atoms with E-state index in [1.807, 2.05) is 0 Å². The molecule has 1 aromatic rings. The van der Waals surface area contributed by atoms with Crippen molar-refractivity contribution in [2.24, 2.45) is 16.6 Å². The lowest BCUT2D eigenvalue weighted by molar-refractivity contribution is -0.137. The summed E-state index contributed by atoms with van der Waals surface area (Å²) in [5.74, 6) is -0.313. The Balaban J connectivity index is 1.48. The number of carbonyl (C=O) groups is 2. The normalized spacial score (nSPS) is 21.9. The van der Waals surface area contributed by atoms with Crippen LogP contribution in [-0.2, 0) is 21.0 Å². The van der Waals surface area contributed by atoms with Gasteiger partial charge in [-0.1, -0.05) is 25.3 Å². The maximum absolute atomic E-state index is 13.4. The maximum Gasteiger partial charge on any atom is 0.417 e. The molecule has 4 rings (SSSR count). The summed E-state index contributed by atoms with van der Waals surface area (Å²) in [5, 5.41) is 3.62. The Hall–Kier alpha value is -2.73. The fourth-order valence-corrected chi connectivity index (χ4v) is 6.09. The Kier molecular flexibility index (Phi) is 6.80. The van der Waals surface area contributed by atoms with Gasteiger partial charge in [-0.25, -0.2) is 8.42 Å². The Bertz CT molecular complexity index is 1180. The first-order valence-electron chi connectivity index (χ1n) is 11.5. The molecular weight excluding hydrogens is 485 g/mol. The lowest BCUT2D eigenvalue weighted by atomic mass is 9.88. The van der Waals surface area contributed by atoms with Gasteiger partial charge in [-0.3, -0.25) is 14.6 Å². The molecule has 0 unspecified atom stereocenters. The molecule has 2 aliphatic heterocycles. The van der Waals surface area contributed by atoms with Gasteiger partial charge in [-0.15, -0.1) is 0 Å². The summed E-state index contributed by atoms with van der Waals surface area (Å²) in [6, 6.07) is 2.71. The number of nitrogens with one attached hydrogen (secondary N) is 1. The van der Waals surface area contributed by atoms with Gasteiger partial charge in [0.2, 0.25) is 15.9 Å². The number of carbonyl (C=O) groups excluding carboxylic acids is 2. The van der Waals surface area contributed by atoms with Crippen LogP contribution in [0.15, 0.2) is 28.6 Å². The lowest BCUT2D eigenvalue weighted by Crippen LogP contribution is -2.50. The smallest absolute Gasteiger partial charge is 0.366 e. The Labute approximate surface area is 201 Å². The molecule has 0 aromatic heterocycles. The summed E-state index contributed by atoms with van der Waals surface area (Å²) in [7, 11) is -4.05. The van der Waals surface area contributed by atoms with Crippen molar-refractivity contribution < 1.29 is 31.2 Å². The Morgan fingerprint density at radius 1 is 1.17 bits per heavy atom. The minimum Gasteiger partial charge on any atom is -0.366 e. The van der Waals surface area contributed by atoms with Gasteiger partial charge in [0.05, 0.1) is 5.56 Å². The number of primary amides is 1. The number of hydrogen-bond donors (Lipinski definition) is 2. The first-order chi connectivity index (χ1) is 16.4. The molecule has 1 aromatic carbocycles. The summed E-state index contributed by atoms with van der Waals surface area (Å²) < 4.78 is 67.1. The highest BCUT2D eigenvalue weighted by Crippen LogP contribution is 2.36. The summed E-state index contributed by atoms with van der Waals surface area (Å²) in [4.78, 5) is 28.7. The third-order valence-corrected chi connectivity index (χ3v) is 8.53. The van der Waals surface area contributed by atoms with E-state index in [0.717, 1.165) is 48.2 Å². The van der Waals surface area contributed by atoms with Gasteiger partial charge in [0.25, 0.3) is 5.91 Å². The molecule has 1 saturated heterocycles. The van der Waals surface area contributed by atoms with Crippen LogP contribution in [0.4, 0.5) is 13.2 Å². The van der Waals surface area contributed by atoms with Gasteiger partial charge in [-0.2, -0.15) is 17.5 Å². The minimum atomic E-state index is -4.81. The van der Waals surface area contributed by atoms with E-state index in [0.29, 0.717) is 17.3 Å². The number of hydrogen-bond acceptors (Lipinski definition) is 5. The maximum atomic E-state index is 13.4. The first-order valence-corrected chi connectivity index (χ1v) is 13.0. The van der Waals surface area contributed by atoms with Crippen molar-refractivity contribution in [3.05, 3.63) is 40.3 Å². The van der Waals surface area contributed by atoms with Crippen molar-refractivity contribution in [1.29, 1.82) is 0 Å². The van der Waals surface area contributed by atoms with Crippen LogP contribution in [0, 0.1) is 5.92 Å². The molecule has 3 N–H and O–H groups in total. The zero-order chi connectivity index (χ0) is 25.4. The number of alkyl halides is 3. The number of sulfonamides is 1. The van der Waals surface area contributed by atoms with E-state index >= 15 is 0 Å². The molecule has 35 heavy (non-hydrogen) atoms. The van der Waals surface area contributed by atoms with E-state index in [4.69, 9.17) is 10.7 Å². The van der Waals surface area contributed by atoms with Crippen molar-refractivity contribution in [3.63, 3.8) is 0 Å². The van der Waals surface area contributed by atoms with Gasteiger partial charge in [0.15, 0.2) is 0 Å². The molecule has 0 atom stereocenters. The zero-order valence-corrected chi connectivity index (χ0v) is 19.8. The fraction of sp³-hybridized carbons (Fsp3) is 0.522. The number of rotatable bonds is 5. The van der Waals surface area contributed by atoms with Crippen molar-refractivity contribution in [2.45, 2.75) is 56.7 Å². The van der Waals surface area contributed by atoms with Crippen molar-refractivity contribution in [2.75, 3.05) is 13.1 Å². The summed E-state index contributed by atoms with van der Waals surface area (Å²) in [6.07, 6.45) is 1.74. The molecule has 190 valence electrons. The van der Waals surface area contributed by atoms with E-state index in [2.05, 4.69) is 5.32 Å². The van der Waals surface area contributed by atoms with Crippen LogP contribution in [0.3, 0.4) is 0 Å². The number of amides is 2. The quantitative estimate of drug-likeness (QED) is 0.630. The first kappa shape index (κ1) is 25.4. The van der Waals surface area contributed by atoms with Gasteiger partial charge < -0.3 is 11.1 Å². The van der Waals surface area contributed by atoms with E-state index < -0.39 is 38.8 Å². The van der Waals surface area contributed by atoms with Crippen LogP contribution in [0.2, 0.25) is 0 Å². The van der Waals surface area contributed by atoms with Crippen molar-refractivity contribution >= 4 is 33.7 Å². The number of benzene rings is 1. The minimum absolute atomic E-state index is 0.0221. The lowest BCUT2D eigenvalue weighted by Gasteiger charge is -2.34.